The number of hydrogen-bond donors (Lipinski definition) is 2. The van der Waals surface area contributed by atoms with Gasteiger partial charge in [0.25, 0.3) is 0 Å². The van der Waals surface area contributed by atoms with Gasteiger partial charge in [0.15, 0.2) is 0 Å². The van der Waals surface area contributed by atoms with Crippen LogP contribution >= 0.6 is 0 Å². The van der Waals surface area contributed by atoms with Gasteiger partial charge >= 0.3 is 0 Å². The number of likely N-dealkylation sites (N-methyl/N-ethyl adjacent to an activating group) is 1. The molecule has 0 aliphatic carbocycles. The van der Waals surface area contributed by atoms with Crippen molar-refractivity contribution < 1.29 is 4.79 Å². The summed E-state index contributed by atoms with van der Waals surface area (Å²) in [7, 11) is 0. The van der Waals surface area contributed by atoms with Crippen molar-refractivity contribution in [1.82, 2.24) is 10.2 Å². The molecule has 0 aromatic carbocycles. The summed E-state index contributed by atoms with van der Waals surface area (Å²) in [4.78, 5) is 13.9. The van der Waals surface area contributed by atoms with Gasteiger partial charge in [-0.25, -0.2) is 0 Å². The molecule has 0 aromatic rings. The van der Waals surface area contributed by atoms with Gasteiger partial charge in [-0.1, -0.05) is 27.2 Å². The first kappa shape index (κ1) is 16.4. The van der Waals surface area contributed by atoms with E-state index in [9.17, 15) is 4.79 Å². The van der Waals surface area contributed by atoms with Crippen LogP contribution in [0.2, 0.25) is 0 Å². The molecule has 0 rings (SSSR count). The Morgan fingerprint density at radius 3 is 2.41 bits per heavy atom. The Morgan fingerprint density at radius 1 is 1.35 bits per heavy atom. The highest BCUT2D eigenvalue weighted by atomic mass is 16.2. The second-order valence-corrected chi connectivity index (χ2v) is 4.77. The van der Waals surface area contributed by atoms with Gasteiger partial charge in [0.1, 0.15) is 0 Å². The van der Waals surface area contributed by atoms with Crippen LogP contribution < -0.4 is 11.1 Å². The van der Waals surface area contributed by atoms with Crippen LogP contribution in [0.4, 0.5) is 0 Å². The fourth-order valence-corrected chi connectivity index (χ4v) is 1.82. The smallest absolute Gasteiger partial charge is 0.234 e. The van der Waals surface area contributed by atoms with Gasteiger partial charge in [0, 0.05) is 18.6 Å². The summed E-state index contributed by atoms with van der Waals surface area (Å²) in [6.45, 7) is 11.1. The van der Waals surface area contributed by atoms with Crippen molar-refractivity contribution in [1.29, 1.82) is 0 Å². The number of carbonyl (C=O) groups is 1. The molecular formula is C13H29N3O. The van der Waals surface area contributed by atoms with Crippen LogP contribution in [0, 0.1) is 0 Å². The quantitative estimate of drug-likeness (QED) is 0.601. The van der Waals surface area contributed by atoms with Crippen LogP contribution in [0.3, 0.4) is 0 Å². The normalized spacial score (nSPS) is 14.7. The van der Waals surface area contributed by atoms with Crippen LogP contribution in [-0.4, -0.2) is 42.5 Å². The molecule has 0 fully saturated rings. The van der Waals surface area contributed by atoms with Gasteiger partial charge in [0.05, 0.1) is 6.54 Å². The molecule has 0 heterocycles. The minimum Gasteiger partial charge on any atom is -0.355 e. The van der Waals surface area contributed by atoms with Crippen molar-refractivity contribution in [2.45, 2.75) is 52.5 Å². The lowest BCUT2D eigenvalue weighted by Gasteiger charge is -2.39. The lowest BCUT2D eigenvalue weighted by Crippen LogP contribution is -2.54. The molecule has 0 bridgehead atoms. The second-order valence-electron chi connectivity index (χ2n) is 4.77. The molecule has 17 heavy (non-hydrogen) atoms. The van der Waals surface area contributed by atoms with Gasteiger partial charge in [-0.3, -0.25) is 9.69 Å². The van der Waals surface area contributed by atoms with E-state index in [1.54, 1.807) is 0 Å². The van der Waals surface area contributed by atoms with Crippen LogP contribution in [0.25, 0.3) is 0 Å². The Labute approximate surface area is 106 Å². The Kier molecular flexibility index (Phi) is 8.17. The number of unbranched alkanes of at least 4 members (excludes halogenated alkanes) is 1. The second kappa shape index (κ2) is 8.48. The maximum Gasteiger partial charge on any atom is 0.234 e. The number of nitrogens with zero attached hydrogens (tertiary/aromatic N) is 1. The Bertz CT molecular complexity index is 215. The number of carbonyl (C=O) groups excluding carboxylic acids is 1. The van der Waals surface area contributed by atoms with E-state index < -0.39 is 0 Å². The van der Waals surface area contributed by atoms with Crippen molar-refractivity contribution >= 4 is 5.91 Å². The Morgan fingerprint density at radius 2 is 2.00 bits per heavy atom. The molecule has 3 N–H and O–H groups in total. The van der Waals surface area contributed by atoms with E-state index in [4.69, 9.17) is 5.73 Å². The van der Waals surface area contributed by atoms with Crippen molar-refractivity contribution in [3.8, 4) is 0 Å². The van der Waals surface area contributed by atoms with Crippen LogP contribution in [0.5, 0.6) is 0 Å². The number of nitrogens with one attached hydrogen (secondary N) is 1. The molecule has 1 amide bonds. The molecule has 0 saturated carbocycles. The molecule has 0 aromatic heterocycles. The summed E-state index contributed by atoms with van der Waals surface area (Å²) in [5.74, 6) is 0.105. The number of hydrogen-bond acceptors (Lipinski definition) is 3. The number of nitrogens with two attached hydrogens (primary N) is 1. The molecule has 0 radical (unpaired) electrons. The molecule has 0 saturated heterocycles. The molecule has 0 aliphatic heterocycles. The van der Waals surface area contributed by atoms with Crippen molar-refractivity contribution in [2.24, 2.45) is 5.73 Å². The Balaban J connectivity index is 4.24. The van der Waals surface area contributed by atoms with Gasteiger partial charge in [-0.2, -0.15) is 0 Å². The summed E-state index contributed by atoms with van der Waals surface area (Å²) in [6, 6.07) is 0. The van der Waals surface area contributed by atoms with Crippen LogP contribution in [-0.2, 0) is 4.79 Å². The van der Waals surface area contributed by atoms with Gasteiger partial charge in [-0.15, -0.1) is 0 Å². The third-order valence-corrected chi connectivity index (χ3v) is 3.53. The van der Waals surface area contributed by atoms with Gasteiger partial charge in [0.2, 0.25) is 5.91 Å². The SMILES string of the molecule is CCCCNC(=O)CN(CC)C(C)(CC)CN. The summed E-state index contributed by atoms with van der Waals surface area (Å²) < 4.78 is 0. The third kappa shape index (κ3) is 5.50. The highest BCUT2D eigenvalue weighted by Gasteiger charge is 2.28. The number of rotatable bonds is 9. The first-order valence-corrected chi connectivity index (χ1v) is 6.75. The highest BCUT2D eigenvalue weighted by molar-refractivity contribution is 5.78. The van der Waals surface area contributed by atoms with E-state index in [2.05, 4.69) is 37.9 Å². The van der Waals surface area contributed by atoms with Crippen molar-refractivity contribution in [2.75, 3.05) is 26.2 Å². The predicted octanol–water partition coefficient (Wildman–Crippen LogP) is 1.35. The van der Waals surface area contributed by atoms with E-state index >= 15 is 0 Å². The maximum atomic E-state index is 11.8. The lowest BCUT2D eigenvalue weighted by atomic mass is 9.96. The van der Waals surface area contributed by atoms with Crippen LogP contribution in [0.15, 0.2) is 0 Å². The molecule has 1 unspecified atom stereocenters. The molecular weight excluding hydrogens is 214 g/mol. The van der Waals surface area contributed by atoms with E-state index in [1.165, 1.54) is 0 Å². The van der Waals surface area contributed by atoms with Gasteiger partial charge < -0.3 is 11.1 Å². The topological polar surface area (TPSA) is 58.4 Å². The summed E-state index contributed by atoms with van der Waals surface area (Å²) in [6.07, 6.45) is 3.10. The highest BCUT2D eigenvalue weighted by Crippen LogP contribution is 2.17. The average molecular weight is 243 g/mol. The summed E-state index contributed by atoms with van der Waals surface area (Å²) >= 11 is 0. The molecule has 102 valence electrons. The van der Waals surface area contributed by atoms with Crippen molar-refractivity contribution in [3.63, 3.8) is 0 Å². The van der Waals surface area contributed by atoms with Crippen LogP contribution in [0.1, 0.15) is 47.0 Å². The summed E-state index contributed by atoms with van der Waals surface area (Å²) in [5.41, 5.74) is 5.75. The lowest BCUT2D eigenvalue weighted by molar-refractivity contribution is -0.123. The minimum absolute atomic E-state index is 0.0726. The number of amides is 1. The van der Waals surface area contributed by atoms with E-state index in [1.807, 2.05) is 0 Å². The fraction of sp³-hybridized carbons (Fsp3) is 0.923. The van der Waals surface area contributed by atoms with Crippen molar-refractivity contribution in [3.05, 3.63) is 0 Å². The third-order valence-electron chi connectivity index (χ3n) is 3.53. The maximum absolute atomic E-state index is 11.8. The molecule has 1 atom stereocenters. The molecule has 0 aliphatic rings. The molecule has 4 nitrogen and oxygen atoms in total. The average Bonchev–Trinajstić information content (AvgIpc) is 2.35. The van der Waals surface area contributed by atoms with E-state index in [0.29, 0.717) is 13.1 Å². The molecule has 4 heteroatoms. The fourth-order valence-electron chi connectivity index (χ4n) is 1.82. The molecule has 0 spiro atoms. The first-order valence-electron chi connectivity index (χ1n) is 6.75. The van der Waals surface area contributed by atoms with E-state index in [0.717, 1.165) is 32.4 Å². The standard InChI is InChI=1S/C13H29N3O/c1-5-8-9-15-12(17)10-16(7-3)13(4,6-2)11-14/h5-11,14H2,1-4H3,(H,15,17). The minimum atomic E-state index is -0.0726. The summed E-state index contributed by atoms with van der Waals surface area (Å²) in [5, 5.41) is 2.95. The Hall–Kier alpha value is -0.610. The zero-order valence-corrected chi connectivity index (χ0v) is 11.9. The van der Waals surface area contributed by atoms with E-state index in [-0.39, 0.29) is 11.4 Å². The predicted molar refractivity (Wildman–Crippen MR) is 72.9 cm³/mol. The zero-order valence-electron chi connectivity index (χ0n) is 11.9. The van der Waals surface area contributed by atoms with Gasteiger partial charge in [-0.05, 0) is 26.3 Å². The monoisotopic (exact) mass is 243 g/mol. The zero-order chi connectivity index (χ0) is 13.3. The largest absolute Gasteiger partial charge is 0.355 e. The first-order chi connectivity index (χ1) is 8.03.